The molecule has 2 aliphatic carbocycles. The molecule has 3 aliphatic rings. The van der Waals surface area contributed by atoms with E-state index < -0.39 is 0 Å². The molecule has 2 saturated carbocycles. The van der Waals surface area contributed by atoms with Crippen LogP contribution in [0.4, 0.5) is 0 Å². The summed E-state index contributed by atoms with van der Waals surface area (Å²) in [6.07, 6.45) is 7.65. The van der Waals surface area contributed by atoms with E-state index in [1.54, 1.807) is 0 Å². The van der Waals surface area contributed by atoms with E-state index in [0.717, 1.165) is 31.8 Å². The summed E-state index contributed by atoms with van der Waals surface area (Å²) in [6, 6.07) is 0.0972. The smallest absolute Gasteiger partial charge is 0.237 e. The molecule has 3 fully saturated rings. The fraction of sp³-hybridized carbons (Fsp3) is 0.917. The van der Waals surface area contributed by atoms with Gasteiger partial charge in [0.25, 0.3) is 0 Å². The van der Waals surface area contributed by atoms with Crippen LogP contribution in [-0.2, 0) is 4.79 Å². The van der Waals surface area contributed by atoms with Crippen LogP contribution in [0.1, 0.15) is 38.5 Å². The van der Waals surface area contributed by atoms with Gasteiger partial charge in [0, 0.05) is 6.54 Å². The number of carbonyl (C=O) groups is 1. The molecule has 0 radical (unpaired) electrons. The van der Waals surface area contributed by atoms with Crippen LogP contribution in [0.2, 0.25) is 0 Å². The molecular weight excluding hydrogens is 188 g/mol. The molecule has 2 N–H and O–H groups in total. The minimum atomic E-state index is 0.0972. The van der Waals surface area contributed by atoms with E-state index in [0.29, 0.717) is 5.41 Å². The van der Waals surface area contributed by atoms with Crippen LogP contribution in [0.15, 0.2) is 0 Å². The third-order valence-electron chi connectivity index (χ3n) is 4.33. The van der Waals surface area contributed by atoms with Crippen molar-refractivity contribution >= 4 is 5.91 Å². The molecule has 0 aromatic rings. The number of amides is 1. The maximum Gasteiger partial charge on any atom is 0.237 e. The van der Waals surface area contributed by atoms with Gasteiger partial charge < -0.3 is 10.6 Å². The maximum atomic E-state index is 11.8. The van der Waals surface area contributed by atoms with Crippen LogP contribution >= 0.6 is 0 Å². The van der Waals surface area contributed by atoms with E-state index in [4.69, 9.17) is 0 Å². The average molecular weight is 208 g/mol. The molecule has 0 aromatic carbocycles. The molecule has 0 aromatic heterocycles. The molecule has 0 bridgehead atoms. The van der Waals surface area contributed by atoms with Gasteiger partial charge in [-0.25, -0.2) is 0 Å². The largest absolute Gasteiger partial charge is 0.354 e. The van der Waals surface area contributed by atoms with Crippen LogP contribution in [-0.4, -0.2) is 25.0 Å². The molecule has 1 aliphatic heterocycles. The highest BCUT2D eigenvalue weighted by atomic mass is 16.2. The first kappa shape index (κ1) is 9.64. The Balaban J connectivity index is 1.47. The summed E-state index contributed by atoms with van der Waals surface area (Å²) < 4.78 is 0. The standard InChI is InChI=1S/C12H20N2O/c15-11(10-2-1-7-13-10)14-8-12(5-6-12)9-3-4-9/h9-10,13H,1-8H2,(H,14,15). The second-order valence-electron chi connectivity index (χ2n) is 5.50. The minimum absolute atomic E-state index is 0.0972. The van der Waals surface area contributed by atoms with Gasteiger partial charge in [-0.15, -0.1) is 0 Å². The monoisotopic (exact) mass is 208 g/mol. The van der Waals surface area contributed by atoms with Crippen molar-refractivity contribution in [2.24, 2.45) is 11.3 Å². The fourth-order valence-electron chi connectivity index (χ4n) is 2.88. The van der Waals surface area contributed by atoms with Crippen LogP contribution in [0, 0.1) is 11.3 Å². The Morgan fingerprint density at radius 1 is 1.33 bits per heavy atom. The van der Waals surface area contributed by atoms with E-state index in [1.165, 1.54) is 25.7 Å². The summed E-state index contributed by atoms with van der Waals surface area (Å²) >= 11 is 0. The van der Waals surface area contributed by atoms with Gasteiger partial charge in [-0.1, -0.05) is 0 Å². The lowest BCUT2D eigenvalue weighted by Crippen LogP contribution is -2.42. The Bertz CT molecular complexity index is 263. The predicted molar refractivity (Wildman–Crippen MR) is 58.4 cm³/mol. The van der Waals surface area contributed by atoms with E-state index in [9.17, 15) is 4.79 Å². The lowest BCUT2D eigenvalue weighted by atomic mass is 10.0. The molecule has 3 heteroatoms. The highest BCUT2D eigenvalue weighted by Gasteiger charge is 2.53. The molecular formula is C12H20N2O. The van der Waals surface area contributed by atoms with Crippen molar-refractivity contribution in [3.8, 4) is 0 Å². The quantitative estimate of drug-likeness (QED) is 0.725. The molecule has 1 heterocycles. The molecule has 1 unspecified atom stereocenters. The average Bonchev–Trinajstić information content (AvgIpc) is 3.14. The number of nitrogens with one attached hydrogen (secondary N) is 2. The summed E-state index contributed by atoms with van der Waals surface area (Å²) in [6.45, 7) is 1.94. The minimum Gasteiger partial charge on any atom is -0.354 e. The maximum absolute atomic E-state index is 11.8. The first-order valence-corrected chi connectivity index (χ1v) is 6.31. The lowest BCUT2D eigenvalue weighted by Gasteiger charge is -2.17. The Morgan fingerprint density at radius 2 is 2.13 bits per heavy atom. The van der Waals surface area contributed by atoms with Crippen molar-refractivity contribution in [1.82, 2.24) is 10.6 Å². The van der Waals surface area contributed by atoms with Crippen molar-refractivity contribution in [3.05, 3.63) is 0 Å². The van der Waals surface area contributed by atoms with Gasteiger partial charge in [0.05, 0.1) is 6.04 Å². The lowest BCUT2D eigenvalue weighted by molar-refractivity contribution is -0.123. The SMILES string of the molecule is O=C(NCC1(C2CC2)CC1)C1CCCN1. The molecule has 1 amide bonds. The highest BCUT2D eigenvalue weighted by Crippen LogP contribution is 2.60. The van der Waals surface area contributed by atoms with Gasteiger partial charge in [-0.2, -0.15) is 0 Å². The molecule has 3 nitrogen and oxygen atoms in total. The molecule has 84 valence electrons. The molecule has 1 atom stereocenters. The number of hydrogen-bond acceptors (Lipinski definition) is 2. The van der Waals surface area contributed by atoms with Crippen molar-refractivity contribution in [1.29, 1.82) is 0 Å². The Kier molecular flexibility index (Phi) is 2.23. The fourth-order valence-corrected chi connectivity index (χ4v) is 2.88. The molecule has 15 heavy (non-hydrogen) atoms. The summed E-state index contributed by atoms with van der Waals surface area (Å²) in [5, 5.41) is 6.39. The third kappa shape index (κ3) is 1.89. The predicted octanol–water partition coefficient (Wildman–Crippen LogP) is 1.04. The Hall–Kier alpha value is -0.570. The highest BCUT2D eigenvalue weighted by molar-refractivity contribution is 5.82. The second kappa shape index (κ2) is 3.48. The Labute approximate surface area is 91.0 Å². The number of carbonyl (C=O) groups excluding carboxylic acids is 1. The summed E-state index contributed by atoms with van der Waals surface area (Å²) in [7, 11) is 0. The number of hydrogen-bond donors (Lipinski definition) is 2. The van der Waals surface area contributed by atoms with E-state index >= 15 is 0 Å². The summed E-state index contributed by atoms with van der Waals surface area (Å²) in [4.78, 5) is 11.8. The summed E-state index contributed by atoms with van der Waals surface area (Å²) in [5.41, 5.74) is 0.536. The van der Waals surface area contributed by atoms with Gasteiger partial charge in [-0.05, 0) is 56.4 Å². The van der Waals surface area contributed by atoms with Crippen molar-refractivity contribution in [2.75, 3.05) is 13.1 Å². The Morgan fingerprint density at radius 3 is 2.67 bits per heavy atom. The van der Waals surface area contributed by atoms with E-state index in [2.05, 4.69) is 10.6 Å². The first-order chi connectivity index (χ1) is 7.30. The van der Waals surface area contributed by atoms with Gasteiger partial charge in [0.15, 0.2) is 0 Å². The number of rotatable bonds is 4. The molecule has 0 spiro atoms. The van der Waals surface area contributed by atoms with Crippen molar-refractivity contribution in [2.45, 2.75) is 44.6 Å². The molecule has 1 saturated heterocycles. The van der Waals surface area contributed by atoms with Crippen molar-refractivity contribution in [3.63, 3.8) is 0 Å². The zero-order chi connectivity index (χ0) is 10.3. The van der Waals surface area contributed by atoms with E-state index in [1.807, 2.05) is 0 Å². The topological polar surface area (TPSA) is 41.1 Å². The van der Waals surface area contributed by atoms with E-state index in [-0.39, 0.29) is 11.9 Å². The van der Waals surface area contributed by atoms with Crippen LogP contribution < -0.4 is 10.6 Å². The zero-order valence-electron chi connectivity index (χ0n) is 9.22. The second-order valence-corrected chi connectivity index (χ2v) is 5.50. The summed E-state index contributed by atoms with van der Waals surface area (Å²) in [5.74, 6) is 1.17. The van der Waals surface area contributed by atoms with Crippen LogP contribution in [0.25, 0.3) is 0 Å². The normalized spacial score (nSPS) is 32.7. The molecule has 3 rings (SSSR count). The third-order valence-corrected chi connectivity index (χ3v) is 4.33. The van der Waals surface area contributed by atoms with Crippen LogP contribution in [0.5, 0.6) is 0 Å². The van der Waals surface area contributed by atoms with Crippen molar-refractivity contribution < 1.29 is 4.79 Å². The van der Waals surface area contributed by atoms with Crippen LogP contribution in [0.3, 0.4) is 0 Å². The zero-order valence-corrected chi connectivity index (χ0v) is 9.22. The van der Waals surface area contributed by atoms with Gasteiger partial charge in [0.2, 0.25) is 5.91 Å². The van der Waals surface area contributed by atoms with Gasteiger partial charge >= 0.3 is 0 Å². The van der Waals surface area contributed by atoms with Gasteiger partial charge in [0.1, 0.15) is 0 Å². The van der Waals surface area contributed by atoms with Gasteiger partial charge in [-0.3, -0.25) is 4.79 Å². The first-order valence-electron chi connectivity index (χ1n) is 6.31.